The van der Waals surface area contributed by atoms with Gasteiger partial charge in [0.25, 0.3) is 0 Å². The highest BCUT2D eigenvalue weighted by molar-refractivity contribution is 6.07. The molecule has 0 aliphatic carbocycles. The number of imidazole rings is 1. The summed E-state index contributed by atoms with van der Waals surface area (Å²) >= 11 is 0. The topological polar surface area (TPSA) is 33.6 Å². The van der Waals surface area contributed by atoms with E-state index in [2.05, 4.69) is 52.4 Å². The second-order valence-electron chi connectivity index (χ2n) is 4.37. The number of hydrogen-bond acceptors (Lipinski definition) is 1. The normalized spacial score (nSPS) is 11.3. The van der Waals surface area contributed by atoms with Crippen molar-refractivity contribution in [3.8, 4) is 5.69 Å². The average Bonchev–Trinajstić information content (AvgIpc) is 3.05. The van der Waals surface area contributed by atoms with Crippen molar-refractivity contribution in [2.45, 2.75) is 0 Å². The van der Waals surface area contributed by atoms with Crippen molar-refractivity contribution in [1.29, 1.82) is 0 Å². The summed E-state index contributed by atoms with van der Waals surface area (Å²) in [7, 11) is 0. The minimum absolute atomic E-state index is 1.12. The van der Waals surface area contributed by atoms with Crippen molar-refractivity contribution in [1.82, 2.24) is 14.5 Å². The molecule has 4 aromatic rings. The van der Waals surface area contributed by atoms with E-state index in [0.29, 0.717) is 0 Å². The van der Waals surface area contributed by atoms with Gasteiger partial charge in [-0.05, 0) is 18.2 Å². The van der Waals surface area contributed by atoms with E-state index >= 15 is 0 Å². The largest absolute Gasteiger partial charge is 0.354 e. The Morgan fingerprint density at radius 2 is 1.83 bits per heavy atom. The van der Waals surface area contributed by atoms with Crippen LogP contribution in [0.15, 0.2) is 61.2 Å². The minimum Gasteiger partial charge on any atom is -0.354 e. The van der Waals surface area contributed by atoms with Gasteiger partial charge in [0.05, 0.1) is 6.33 Å². The molecule has 2 aromatic heterocycles. The molecule has 18 heavy (non-hydrogen) atoms. The van der Waals surface area contributed by atoms with Gasteiger partial charge in [-0.3, -0.25) is 0 Å². The number of para-hydroxylation sites is 1. The molecule has 1 N–H and O–H groups in total. The summed E-state index contributed by atoms with van der Waals surface area (Å²) < 4.78 is 2.00. The van der Waals surface area contributed by atoms with Gasteiger partial charge in [0.2, 0.25) is 0 Å². The highest BCUT2D eigenvalue weighted by Gasteiger charge is 2.04. The molecule has 0 saturated carbocycles. The molecule has 2 aromatic carbocycles. The monoisotopic (exact) mass is 233 g/mol. The fraction of sp³-hybridized carbons (Fsp3) is 0. The fourth-order valence-corrected chi connectivity index (χ4v) is 2.42. The van der Waals surface area contributed by atoms with Crippen LogP contribution in [0.4, 0.5) is 0 Å². The number of nitrogens with zero attached hydrogens (tertiary/aromatic N) is 2. The molecule has 0 atom stereocenters. The number of fused-ring (bicyclic) bond motifs is 3. The summed E-state index contributed by atoms with van der Waals surface area (Å²) in [6, 6.07) is 14.8. The number of H-pyrrole nitrogens is 1. The molecular weight excluding hydrogens is 222 g/mol. The van der Waals surface area contributed by atoms with Crippen LogP contribution >= 0.6 is 0 Å². The van der Waals surface area contributed by atoms with Crippen molar-refractivity contribution in [3.05, 3.63) is 61.2 Å². The summed E-state index contributed by atoms with van der Waals surface area (Å²) in [6.07, 6.45) is 5.54. The lowest BCUT2D eigenvalue weighted by Crippen LogP contribution is -1.88. The van der Waals surface area contributed by atoms with Crippen LogP contribution in [0.2, 0.25) is 0 Å². The van der Waals surface area contributed by atoms with Crippen LogP contribution in [0.1, 0.15) is 0 Å². The molecule has 0 fully saturated rings. The van der Waals surface area contributed by atoms with Crippen LogP contribution in [0.3, 0.4) is 0 Å². The quantitative estimate of drug-likeness (QED) is 0.536. The molecule has 0 saturated heterocycles. The van der Waals surface area contributed by atoms with Crippen LogP contribution in [-0.2, 0) is 0 Å². The second kappa shape index (κ2) is 3.47. The lowest BCUT2D eigenvalue weighted by atomic mass is 10.1. The minimum atomic E-state index is 1.12. The maximum Gasteiger partial charge on any atom is 0.0991 e. The smallest absolute Gasteiger partial charge is 0.0991 e. The highest BCUT2D eigenvalue weighted by Crippen LogP contribution is 2.26. The Bertz CT molecular complexity index is 825. The molecule has 0 bridgehead atoms. The summed E-state index contributed by atoms with van der Waals surface area (Å²) in [4.78, 5) is 7.52. The zero-order chi connectivity index (χ0) is 11.9. The first-order chi connectivity index (χ1) is 8.92. The molecule has 86 valence electrons. The van der Waals surface area contributed by atoms with Crippen molar-refractivity contribution < 1.29 is 0 Å². The number of hydrogen-bond donors (Lipinski definition) is 1. The van der Waals surface area contributed by atoms with Gasteiger partial charge in [0.1, 0.15) is 0 Å². The first-order valence-corrected chi connectivity index (χ1v) is 5.91. The molecule has 4 rings (SSSR count). The van der Waals surface area contributed by atoms with Gasteiger partial charge in [0, 0.05) is 39.9 Å². The third kappa shape index (κ3) is 1.27. The molecule has 2 heterocycles. The predicted octanol–water partition coefficient (Wildman–Crippen LogP) is 3.51. The van der Waals surface area contributed by atoms with Crippen LogP contribution in [0, 0.1) is 0 Å². The third-order valence-corrected chi connectivity index (χ3v) is 3.29. The lowest BCUT2D eigenvalue weighted by Gasteiger charge is -2.01. The summed E-state index contributed by atoms with van der Waals surface area (Å²) in [5, 5.41) is 2.53. The molecule has 3 heteroatoms. The standard InChI is InChI=1S/C15H11N3/c1-2-4-14-12(3-1)13-6-5-11(9-15(13)17-14)18-8-7-16-10-18/h1-10,17H. The number of aromatic nitrogens is 3. The van der Waals surface area contributed by atoms with Gasteiger partial charge < -0.3 is 9.55 Å². The van der Waals surface area contributed by atoms with E-state index in [1.807, 2.05) is 17.1 Å². The van der Waals surface area contributed by atoms with Crippen LogP contribution < -0.4 is 0 Å². The third-order valence-electron chi connectivity index (χ3n) is 3.29. The van der Waals surface area contributed by atoms with Crippen LogP contribution in [0.5, 0.6) is 0 Å². The molecule has 0 aliphatic rings. The molecule has 3 nitrogen and oxygen atoms in total. The van der Waals surface area contributed by atoms with Crippen LogP contribution in [-0.4, -0.2) is 14.5 Å². The van der Waals surface area contributed by atoms with Gasteiger partial charge in [-0.25, -0.2) is 4.98 Å². The van der Waals surface area contributed by atoms with Gasteiger partial charge >= 0.3 is 0 Å². The van der Waals surface area contributed by atoms with Crippen molar-refractivity contribution >= 4 is 21.8 Å². The maximum atomic E-state index is 4.07. The first-order valence-electron chi connectivity index (χ1n) is 5.91. The second-order valence-corrected chi connectivity index (χ2v) is 4.37. The van der Waals surface area contributed by atoms with E-state index in [0.717, 1.165) is 11.2 Å². The Morgan fingerprint density at radius 1 is 0.944 bits per heavy atom. The Kier molecular flexibility index (Phi) is 1.83. The summed E-state index contributed by atoms with van der Waals surface area (Å²) in [5.41, 5.74) is 3.45. The average molecular weight is 233 g/mol. The Balaban J connectivity index is 2.04. The number of aromatic amines is 1. The van der Waals surface area contributed by atoms with E-state index in [1.165, 1.54) is 16.3 Å². The molecule has 0 spiro atoms. The van der Waals surface area contributed by atoms with Gasteiger partial charge in [-0.15, -0.1) is 0 Å². The first kappa shape index (κ1) is 9.48. The van der Waals surface area contributed by atoms with Gasteiger partial charge in [-0.1, -0.05) is 24.3 Å². The van der Waals surface area contributed by atoms with E-state index in [9.17, 15) is 0 Å². The lowest BCUT2D eigenvalue weighted by molar-refractivity contribution is 1.06. The van der Waals surface area contributed by atoms with E-state index in [4.69, 9.17) is 0 Å². The Hall–Kier alpha value is -2.55. The predicted molar refractivity (Wildman–Crippen MR) is 72.9 cm³/mol. The van der Waals surface area contributed by atoms with Gasteiger partial charge in [-0.2, -0.15) is 0 Å². The fourth-order valence-electron chi connectivity index (χ4n) is 2.42. The molecule has 0 unspecified atom stereocenters. The molecule has 0 amide bonds. The SMILES string of the molecule is c1ccc2c(c1)[nH]c1cc(-n3ccnc3)ccc12. The van der Waals surface area contributed by atoms with E-state index in [1.54, 1.807) is 6.20 Å². The van der Waals surface area contributed by atoms with Crippen molar-refractivity contribution in [3.63, 3.8) is 0 Å². The number of rotatable bonds is 1. The van der Waals surface area contributed by atoms with E-state index < -0.39 is 0 Å². The Labute approximate surface area is 104 Å². The van der Waals surface area contributed by atoms with Gasteiger partial charge in [0.15, 0.2) is 0 Å². The molecule has 0 radical (unpaired) electrons. The zero-order valence-corrected chi connectivity index (χ0v) is 9.67. The zero-order valence-electron chi connectivity index (χ0n) is 9.67. The van der Waals surface area contributed by atoms with Crippen LogP contribution in [0.25, 0.3) is 27.5 Å². The maximum absolute atomic E-state index is 4.07. The van der Waals surface area contributed by atoms with Crippen molar-refractivity contribution in [2.24, 2.45) is 0 Å². The summed E-state index contributed by atoms with van der Waals surface area (Å²) in [6.45, 7) is 0. The number of nitrogens with one attached hydrogen (secondary N) is 1. The number of benzene rings is 2. The Morgan fingerprint density at radius 3 is 2.72 bits per heavy atom. The van der Waals surface area contributed by atoms with E-state index in [-0.39, 0.29) is 0 Å². The molecular formula is C15H11N3. The van der Waals surface area contributed by atoms with Crippen molar-refractivity contribution in [2.75, 3.05) is 0 Å². The highest BCUT2D eigenvalue weighted by atomic mass is 15.0. The summed E-state index contributed by atoms with van der Waals surface area (Å²) in [5.74, 6) is 0. The molecule has 0 aliphatic heterocycles.